The van der Waals surface area contributed by atoms with Crippen LogP contribution in [-0.2, 0) is 33.2 Å². The van der Waals surface area contributed by atoms with Gasteiger partial charge in [-0.1, -0.05) is 152 Å². The molecule has 0 spiro atoms. The van der Waals surface area contributed by atoms with E-state index < -0.39 is 80.7 Å². The van der Waals surface area contributed by atoms with E-state index in [-0.39, 0.29) is 25.6 Å². The lowest BCUT2D eigenvalue weighted by Gasteiger charge is -2.42. The first kappa shape index (κ1) is 58.1. The Morgan fingerprint density at radius 3 is 1.59 bits per heavy atom. The number of unbranched alkanes of at least 4 members (excludes halogenated alkanes) is 16. The van der Waals surface area contributed by atoms with Crippen LogP contribution in [0.15, 0.2) is 48.6 Å². The summed E-state index contributed by atoms with van der Waals surface area (Å²) in [6.45, 7) is 3.48. The average molecular weight is 913 g/mol. The fourth-order valence-electron chi connectivity index (χ4n) is 7.57. The van der Waals surface area contributed by atoms with Gasteiger partial charge in [0.05, 0.1) is 26.4 Å². The Bertz CT molecular complexity index is 1240. The second-order valence-electron chi connectivity index (χ2n) is 17.3. The highest BCUT2D eigenvalue weighted by atomic mass is 16.7. The largest absolute Gasteiger partial charge is 0.457 e. The number of carbonyl (C=O) groups is 1. The molecule has 0 aromatic carbocycles. The summed E-state index contributed by atoms with van der Waals surface area (Å²) in [5.74, 6) is -0.388. The maximum atomic E-state index is 12.8. The molecule has 2 heterocycles. The molecule has 0 radical (unpaired) electrons. The van der Waals surface area contributed by atoms with Gasteiger partial charge in [0.1, 0.15) is 54.9 Å². The van der Waals surface area contributed by atoms with Crippen molar-refractivity contribution in [2.24, 2.45) is 0 Å². The lowest BCUT2D eigenvalue weighted by Crippen LogP contribution is -2.61. The van der Waals surface area contributed by atoms with Gasteiger partial charge < -0.3 is 64.2 Å². The summed E-state index contributed by atoms with van der Waals surface area (Å²) in [7, 11) is 0. The third-order valence-corrected chi connectivity index (χ3v) is 11.6. The van der Waals surface area contributed by atoms with E-state index in [9.17, 15) is 40.5 Å². The molecule has 0 bridgehead atoms. The summed E-state index contributed by atoms with van der Waals surface area (Å²) in [6, 6.07) is 0. The highest BCUT2D eigenvalue weighted by molar-refractivity contribution is 5.69. The van der Waals surface area contributed by atoms with Crippen LogP contribution in [0.1, 0.15) is 162 Å². The van der Waals surface area contributed by atoms with Gasteiger partial charge >= 0.3 is 5.97 Å². The van der Waals surface area contributed by atoms with Crippen LogP contribution < -0.4 is 0 Å². The maximum absolute atomic E-state index is 12.8. The molecule has 0 amide bonds. The predicted molar refractivity (Wildman–Crippen MR) is 247 cm³/mol. The lowest BCUT2D eigenvalue weighted by molar-refractivity contribution is -0.332. The molecule has 0 aromatic heterocycles. The SMILES string of the molecule is CC/C=C\C/C=C\C/C=C\C/C=C\CCCCCCCCCCCCCOCC(COC1OC(COC2OC(CO)C(O)C(O)C2O)C(O)C(O)C1O)OC(=O)CCCCCCCC. The van der Waals surface area contributed by atoms with E-state index in [4.69, 9.17) is 28.4 Å². The fourth-order valence-corrected chi connectivity index (χ4v) is 7.57. The number of rotatable bonds is 38. The van der Waals surface area contributed by atoms with Crippen LogP contribution in [0.5, 0.6) is 0 Å². The standard InChI is InChI=1S/C50H88O14/c1-3-5-7-9-11-12-13-14-15-16-17-18-19-20-21-22-23-24-25-26-27-28-30-32-34-59-36-39(62-42(52)33-31-29-10-8-6-4-2)37-60-49-48(58)46(56)44(54)41(64-49)38-61-50-47(57)45(55)43(53)40(35-51)63-50/h5,7,11-12,14-15,17-18,39-41,43-51,53-58H,3-4,6,8-10,13,16,19-38H2,1-2H3/b7-5-,12-11-,15-14-,18-17-. The molecule has 2 saturated heterocycles. The number of carbonyl (C=O) groups excluding carboxylic acids is 1. The summed E-state index contributed by atoms with van der Waals surface area (Å²) in [5, 5.41) is 71.8. The lowest BCUT2D eigenvalue weighted by atomic mass is 9.98. The van der Waals surface area contributed by atoms with E-state index in [0.29, 0.717) is 13.0 Å². The number of ether oxygens (including phenoxy) is 6. The zero-order valence-electron chi connectivity index (χ0n) is 39.3. The zero-order chi connectivity index (χ0) is 46.6. The minimum absolute atomic E-state index is 0.0589. The van der Waals surface area contributed by atoms with Gasteiger partial charge in [0.2, 0.25) is 0 Å². The van der Waals surface area contributed by atoms with Crippen molar-refractivity contribution in [3.05, 3.63) is 48.6 Å². The minimum Gasteiger partial charge on any atom is -0.457 e. The molecule has 2 rings (SSSR count). The van der Waals surface area contributed by atoms with Crippen molar-refractivity contribution >= 4 is 5.97 Å². The van der Waals surface area contributed by atoms with Crippen molar-refractivity contribution in [2.75, 3.05) is 33.0 Å². The Kier molecular flexibility index (Phi) is 34.5. The second kappa shape index (κ2) is 38.0. The quantitative estimate of drug-likeness (QED) is 0.0193. The van der Waals surface area contributed by atoms with Crippen molar-refractivity contribution in [3.63, 3.8) is 0 Å². The van der Waals surface area contributed by atoms with Crippen LogP contribution in [0.2, 0.25) is 0 Å². The van der Waals surface area contributed by atoms with Crippen molar-refractivity contribution < 1.29 is 69.0 Å². The van der Waals surface area contributed by atoms with E-state index in [1.807, 2.05) is 0 Å². The third-order valence-electron chi connectivity index (χ3n) is 11.6. The van der Waals surface area contributed by atoms with Gasteiger partial charge in [-0.3, -0.25) is 4.79 Å². The van der Waals surface area contributed by atoms with E-state index >= 15 is 0 Å². The Morgan fingerprint density at radius 2 is 1.02 bits per heavy atom. The van der Waals surface area contributed by atoms with E-state index in [0.717, 1.165) is 83.5 Å². The first-order valence-electron chi connectivity index (χ1n) is 24.7. The molecule has 2 fully saturated rings. The highest BCUT2D eigenvalue weighted by Gasteiger charge is 2.47. The first-order chi connectivity index (χ1) is 31.1. The Hall–Kier alpha value is -2.05. The smallest absolute Gasteiger partial charge is 0.306 e. The second-order valence-corrected chi connectivity index (χ2v) is 17.3. The molecule has 14 heteroatoms. The van der Waals surface area contributed by atoms with Crippen LogP contribution in [0.3, 0.4) is 0 Å². The number of aliphatic hydroxyl groups excluding tert-OH is 7. The molecular formula is C50H88O14. The van der Waals surface area contributed by atoms with Crippen LogP contribution in [0.25, 0.3) is 0 Å². The van der Waals surface area contributed by atoms with E-state index in [1.54, 1.807) is 0 Å². The van der Waals surface area contributed by atoms with Gasteiger partial charge in [-0.05, 0) is 51.4 Å². The fraction of sp³-hybridized carbons (Fsp3) is 0.820. The van der Waals surface area contributed by atoms with Gasteiger partial charge in [0.15, 0.2) is 12.6 Å². The zero-order valence-corrected chi connectivity index (χ0v) is 39.3. The van der Waals surface area contributed by atoms with Crippen molar-refractivity contribution in [1.82, 2.24) is 0 Å². The summed E-state index contributed by atoms with van der Waals surface area (Å²) in [4.78, 5) is 12.8. The third kappa shape index (κ3) is 25.7. The van der Waals surface area contributed by atoms with Crippen LogP contribution in [0.4, 0.5) is 0 Å². The number of allylic oxidation sites excluding steroid dienone is 8. The van der Waals surface area contributed by atoms with Crippen LogP contribution in [-0.4, -0.2) is 142 Å². The molecular weight excluding hydrogens is 825 g/mol. The molecule has 0 saturated carbocycles. The first-order valence-corrected chi connectivity index (χ1v) is 24.7. The average Bonchev–Trinajstić information content (AvgIpc) is 3.29. The Morgan fingerprint density at radius 1 is 0.531 bits per heavy atom. The van der Waals surface area contributed by atoms with Gasteiger partial charge in [-0.15, -0.1) is 0 Å². The Labute approximate surface area is 384 Å². The molecule has 372 valence electrons. The summed E-state index contributed by atoms with van der Waals surface area (Å²) < 4.78 is 34.1. The van der Waals surface area contributed by atoms with Gasteiger partial charge in [-0.2, -0.15) is 0 Å². The van der Waals surface area contributed by atoms with Crippen molar-refractivity contribution in [2.45, 2.75) is 229 Å². The monoisotopic (exact) mass is 913 g/mol. The minimum atomic E-state index is -1.70. The normalized spacial score (nSPS) is 27.1. The topological polar surface area (TPSA) is 214 Å². The van der Waals surface area contributed by atoms with Gasteiger partial charge in [-0.25, -0.2) is 0 Å². The molecule has 11 unspecified atom stereocenters. The Balaban J connectivity index is 1.66. The number of aliphatic hydroxyl groups is 7. The van der Waals surface area contributed by atoms with Gasteiger partial charge in [0, 0.05) is 13.0 Å². The van der Waals surface area contributed by atoms with Gasteiger partial charge in [0.25, 0.3) is 0 Å². The summed E-state index contributed by atoms with van der Waals surface area (Å²) in [6.07, 6.45) is 26.5. The van der Waals surface area contributed by atoms with E-state index in [1.165, 1.54) is 51.4 Å². The summed E-state index contributed by atoms with van der Waals surface area (Å²) in [5.41, 5.74) is 0. The van der Waals surface area contributed by atoms with Crippen LogP contribution in [0, 0.1) is 0 Å². The molecule has 11 atom stereocenters. The van der Waals surface area contributed by atoms with Crippen molar-refractivity contribution in [3.8, 4) is 0 Å². The predicted octanol–water partition coefficient (Wildman–Crippen LogP) is 6.79. The number of esters is 1. The number of hydrogen-bond donors (Lipinski definition) is 7. The maximum Gasteiger partial charge on any atom is 0.306 e. The summed E-state index contributed by atoms with van der Waals surface area (Å²) >= 11 is 0. The highest BCUT2D eigenvalue weighted by Crippen LogP contribution is 2.26. The molecule has 0 aromatic rings. The molecule has 14 nitrogen and oxygen atoms in total. The molecule has 64 heavy (non-hydrogen) atoms. The van der Waals surface area contributed by atoms with Crippen LogP contribution >= 0.6 is 0 Å². The molecule has 2 aliphatic rings. The number of hydrogen-bond acceptors (Lipinski definition) is 14. The van der Waals surface area contributed by atoms with E-state index in [2.05, 4.69) is 62.5 Å². The molecule has 7 N–H and O–H groups in total. The van der Waals surface area contributed by atoms with Crippen molar-refractivity contribution in [1.29, 1.82) is 0 Å². The molecule has 2 aliphatic heterocycles. The molecule has 0 aliphatic carbocycles.